The fourth-order valence-corrected chi connectivity index (χ4v) is 2.59. The van der Waals surface area contributed by atoms with Crippen LogP contribution in [0, 0.1) is 5.92 Å². The van der Waals surface area contributed by atoms with Gasteiger partial charge in [-0.05, 0) is 31.9 Å². The Hall–Kier alpha value is -1.68. The van der Waals surface area contributed by atoms with Gasteiger partial charge < -0.3 is 10.3 Å². The number of hydrogen-bond donors (Lipinski definition) is 1. The average Bonchev–Trinajstić information content (AvgIpc) is 2.75. The Balaban J connectivity index is 1.99. The molecule has 0 saturated carbocycles. The molecule has 21 heavy (non-hydrogen) atoms. The molecule has 0 fully saturated rings. The molecule has 0 amide bonds. The van der Waals surface area contributed by atoms with Gasteiger partial charge in [-0.3, -0.25) is 4.79 Å². The topological polar surface area (TPSA) is 60.9 Å². The summed E-state index contributed by atoms with van der Waals surface area (Å²) in [6.45, 7) is 4.01. The van der Waals surface area contributed by atoms with Crippen LogP contribution in [0.15, 0.2) is 24.3 Å². The number of carbonyl (C=O) groups excluding carboxylic acids is 1. The molecular weight excluding hydrogens is 262 g/mol. The van der Waals surface area contributed by atoms with Crippen molar-refractivity contribution in [1.29, 1.82) is 0 Å². The van der Waals surface area contributed by atoms with Gasteiger partial charge in [-0.15, -0.1) is 0 Å². The maximum absolute atomic E-state index is 12.3. The first-order valence-corrected chi connectivity index (χ1v) is 7.67. The van der Waals surface area contributed by atoms with Gasteiger partial charge in [0.25, 0.3) is 0 Å². The van der Waals surface area contributed by atoms with Crippen molar-refractivity contribution in [3.8, 4) is 0 Å². The predicted molar refractivity (Wildman–Crippen MR) is 86.1 cm³/mol. The Morgan fingerprint density at radius 1 is 1.29 bits per heavy atom. The number of para-hydroxylation sites is 2. The molecule has 2 N–H and O–H groups in total. The largest absolute Gasteiger partial charge is 0.331 e. The Kier molecular flexibility index (Phi) is 5.12. The highest BCUT2D eigenvalue weighted by Gasteiger charge is 2.17. The van der Waals surface area contributed by atoms with Crippen LogP contribution in [-0.2, 0) is 18.3 Å². The highest BCUT2D eigenvalue weighted by atomic mass is 16.1. The molecule has 0 aliphatic carbocycles. The van der Waals surface area contributed by atoms with Gasteiger partial charge in [0.15, 0.2) is 0 Å². The maximum atomic E-state index is 12.3. The molecule has 0 spiro atoms. The number of aromatic nitrogens is 2. The van der Waals surface area contributed by atoms with Crippen LogP contribution in [-0.4, -0.2) is 21.4 Å². The number of rotatable bonds is 7. The molecule has 1 aromatic heterocycles. The van der Waals surface area contributed by atoms with Gasteiger partial charge in [0.2, 0.25) is 0 Å². The van der Waals surface area contributed by atoms with Crippen molar-refractivity contribution in [2.45, 2.75) is 45.6 Å². The molecular formula is C17H25N3O. The molecule has 0 bridgehead atoms. The third kappa shape index (κ3) is 3.91. The van der Waals surface area contributed by atoms with Crippen LogP contribution in [0.25, 0.3) is 11.0 Å². The van der Waals surface area contributed by atoms with Crippen LogP contribution in [0.4, 0.5) is 0 Å². The van der Waals surface area contributed by atoms with E-state index < -0.39 is 0 Å². The lowest BCUT2D eigenvalue weighted by Gasteiger charge is -2.11. The monoisotopic (exact) mass is 287 g/mol. The summed E-state index contributed by atoms with van der Waals surface area (Å²) in [5.41, 5.74) is 7.77. The standard InChI is InChI=1S/C17H25N3O/c1-12(7-6-8-13(2)18)16(21)11-17-19-14-9-4-5-10-15(14)20(17)3/h4-5,9-10,12-13H,6-8,11,18H2,1-3H3. The third-order valence-electron chi connectivity index (χ3n) is 4.06. The van der Waals surface area contributed by atoms with Gasteiger partial charge in [-0.2, -0.15) is 0 Å². The summed E-state index contributed by atoms with van der Waals surface area (Å²) in [7, 11) is 1.97. The second kappa shape index (κ2) is 6.85. The maximum Gasteiger partial charge on any atom is 0.143 e. The zero-order valence-corrected chi connectivity index (χ0v) is 13.2. The van der Waals surface area contributed by atoms with Gasteiger partial charge in [0.1, 0.15) is 11.6 Å². The van der Waals surface area contributed by atoms with E-state index in [1.807, 2.05) is 49.7 Å². The Labute approximate surface area is 126 Å². The number of nitrogens with two attached hydrogens (primary N) is 1. The van der Waals surface area contributed by atoms with Crippen LogP contribution in [0.2, 0.25) is 0 Å². The van der Waals surface area contributed by atoms with Crippen molar-refractivity contribution in [2.75, 3.05) is 0 Å². The number of nitrogens with zero attached hydrogens (tertiary/aromatic N) is 2. The summed E-state index contributed by atoms with van der Waals surface area (Å²) in [4.78, 5) is 16.9. The molecule has 0 aliphatic rings. The quantitative estimate of drug-likeness (QED) is 0.851. The first-order valence-electron chi connectivity index (χ1n) is 7.67. The molecule has 2 rings (SSSR count). The first-order chi connectivity index (χ1) is 9.99. The summed E-state index contributed by atoms with van der Waals surface area (Å²) in [5.74, 6) is 1.18. The molecule has 2 unspecified atom stereocenters. The fourth-order valence-electron chi connectivity index (χ4n) is 2.59. The van der Waals surface area contributed by atoms with Crippen molar-refractivity contribution in [3.05, 3.63) is 30.1 Å². The van der Waals surface area contributed by atoms with Gasteiger partial charge >= 0.3 is 0 Å². The Bertz CT molecular complexity index is 616. The van der Waals surface area contributed by atoms with E-state index in [0.717, 1.165) is 36.1 Å². The summed E-state index contributed by atoms with van der Waals surface area (Å²) in [6.07, 6.45) is 3.30. The van der Waals surface area contributed by atoms with Crippen LogP contribution in [0.3, 0.4) is 0 Å². The number of fused-ring (bicyclic) bond motifs is 1. The van der Waals surface area contributed by atoms with Crippen molar-refractivity contribution in [2.24, 2.45) is 18.7 Å². The lowest BCUT2D eigenvalue weighted by molar-refractivity contribution is -0.122. The molecule has 0 aliphatic heterocycles. The zero-order valence-electron chi connectivity index (χ0n) is 13.2. The molecule has 0 radical (unpaired) electrons. The Morgan fingerprint density at radius 3 is 2.67 bits per heavy atom. The van der Waals surface area contributed by atoms with E-state index >= 15 is 0 Å². The van der Waals surface area contributed by atoms with Crippen molar-refractivity contribution in [3.63, 3.8) is 0 Å². The number of Topliss-reactive ketones (excluding diaryl/α,β-unsaturated/α-hetero) is 1. The van der Waals surface area contributed by atoms with Gasteiger partial charge in [-0.1, -0.05) is 25.5 Å². The molecule has 0 saturated heterocycles. The number of hydrogen-bond acceptors (Lipinski definition) is 3. The minimum atomic E-state index is 0.0727. The first kappa shape index (κ1) is 15.7. The minimum absolute atomic E-state index is 0.0727. The number of benzene rings is 1. The normalized spacial score (nSPS) is 14.3. The number of imidazole rings is 1. The predicted octanol–water partition coefficient (Wildman–Crippen LogP) is 2.84. The van der Waals surface area contributed by atoms with E-state index in [4.69, 9.17) is 5.73 Å². The second-order valence-corrected chi connectivity index (χ2v) is 6.03. The molecule has 1 aromatic carbocycles. The highest BCUT2D eigenvalue weighted by molar-refractivity contribution is 5.84. The third-order valence-corrected chi connectivity index (χ3v) is 4.06. The molecule has 1 heterocycles. The summed E-state index contributed by atoms with van der Waals surface area (Å²) in [5, 5.41) is 0. The van der Waals surface area contributed by atoms with E-state index in [1.54, 1.807) is 0 Å². The zero-order chi connectivity index (χ0) is 15.4. The van der Waals surface area contributed by atoms with Crippen molar-refractivity contribution in [1.82, 2.24) is 9.55 Å². The van der Waals surface area contributed by atoms with E-state index in [1.165, 1.54) is 0 Å². The van der Waals surface area contributed by atoms with Crippen LogP contribution in [0.5, 0.6) is 0 Å². The van der Waals surface area contributed by atoms with E-state index in [0.29, 0.717) is 6.42 Å². The molecule has 2 aromatic rings. The van der Waals surface area contributed by atoms with E-state index in [9.17, 15) is 4.79 Å². The Morgan fingerprint density at radius 2 is 2.00 bits per heavy atom. The SMILES string of the molecule is CC(N)CCCC(C)C(=O)Cc1nc2ccccc2n1C. The lowest BCUT2D eigenvalue weighted by atomic mass is 9.96. The van der Waals surface area contributed by atoms with Gasteiger partial charge in [-0.25, -0.2) is 4.98 Å². The van der Waals surface area contributed by atoms with Crippen LogP contribution >= 0.6 is 0 Å². The minimum Gasteiger partial charge on any atom is -0.331 e. The average molecular weight is 287 g/mol. The van der Waals surface area contributed by atoms with Crippen molar-refractivity contribution < 1.29 is 4.79 Å². The van der Waals surface area contributed by atoms with E-state index in [-0.39, 0.29) is 17.7 Å². The number of aryl methyl sites for hydroxylation is 1. The van der Waals surface area contributed by atoms with E-state index in [2.05, 4.69) is 4.98 Å². The number of carbonyl (C=O) groups is 1. The summed E-state index contributed by atoms with van der Waals surface area (Å²) in [6, 6.07) is 8.19. The van der Waals surface area contributed by atoms with Crippen molar-refractivity contribution >= 4 is 16.8 Å². The summed E-state index contributed by atoms with van der Waals surface area (Å²) >= 11 is 0. The molecule has 114 valence electrons. The molecule has 4 heteroatoms. The lowest BCUT2D eigenvalue weighted by Crippen LogP contribution is -2.18. The highest BCUT2D eigenvalue weighted by Crippen LogP contribution is 2.17. The fraction of sp³-hybridized carbons (Fsp3) is 0.529. The van der Waals surface area contributed by atoms with Gasteiger partial charge in [0.05, 0.1) is 17.5 Å². The second-order valence-electron chi connectivity index (χ2n) is 6.03. The number of ketones is 1. The summed E-state index contributed by atoms with van der Waals surface area (Å²) < 4.78 is 2.02. The molecule has 4 nitrogen and oxygen atoms in total. The van der Waals surface area contributed by atoms with Crippen LogP contribution in [0.1, 0.15) is 38.9 Å². The smallest absolute Gasteiger partial charge is 0.143 e. The van der Waals surface area contributed by atoms with Gasteiger partial charge in [0, 0.05) is 19.0 Å². The van der Waals surface area contributed by atoms with Crippen LogP contribution < -0.4 is 5.73 Å². The molecule has 2 atom stereocenters.